The predicted octanol–water partition coefficient (Wildman–Crippen LogP) is 3.26. The number of ether oxygens (including phenoxy) is 2. The monoisotopic (exact) mass is 332 g/mol. The van der Waals surface area contributed by atoms with Gasteiger partial charge in [0.25, 0.3) is 0 Å². The molecule has 0 aliphatic carbocycles. The molecule has 0 saturated carbocycles. The lowest BCUT2D eigenvalue weighted by Crippen LogP contribution is -2.38. The fourth-order valence-electron chi connectivity index (χ4n) is 2.49. The maximum atomic E-state index is 12.5. The first-order valence-corrected chi connectivity index (χ1v) is 7.48. The Morgan fingerprint density at radius 2 is 1.75 bits per heavy atom. The number of hydrogen-bond acceptors (Lipinski definition) is 3. The van der Waals surface area contributed by atoms with Gasteiger partial charge >= 0.3 is 5.97 Å². The molecule has 3 rings (SSSR count). The molecule has 0 fully saturated rings. The van der Waals surface area contributed by atoms with E-state index in [9.17, 15) is 4.79 Å². The van der Waals surface area contributed by atoms with Crippen LogP contribution in [0.3, 0.4) is 0 Å². The summed E-state index contributed by atoms with van der Waals surface area (Å²) in [4.78, 5) is 12.5. The van der Waals surface area contributed by atoms with E-state index in [4.69, 9.17) is 9.47 Å². The van der Waals surface area contributed by atoms with Gasteiger partial charge in [-0.15, -0.1) is 0 Å². The molecule has 20 heavy (non-hydrogen) atoms. The molecule has 0 bridgehead atoms. The van der Waals surface area contributed by atoms with Crippen LogP contribution in [-0.2, 0) is 15.1 Å². The van der Waals surface area contributed by atoms with E-state index in [-0.39, 0.29) is 5.97 Å². The summed E-state index contributed by atoms with van der Waals surface area (Å²) in [5.41, 5.74) is 0.388. The number of halogens is 1. The first kappa shape index (κ1) is 13.3. The zero-order chi connectivity index (χ0) is 14.0. The van der Waals surface area contributed by atoms with Crippen molar-refractivity contribution < 1.29 is 14.3 Å². The largest absolute Gasteiger partial charge is 0.423 e. The molecule has 0 spiro atoms. The Morgan fingerprint density at radius 1 is 1.05 bits per heavy atom. The van der Waals surface area contributed by atoms with E-state index >= 15 is 0 Å². The van der Waals surface area contributed by atoms with Crippen LogP contribution in [0.15, 0.2) is 54.6 Å². The lowest BCUT2D eigenvalue weighted by Gasteiger charge is -2.26. The van der Waals surface area contributed by atoms with E-state index < -0.39 is 5.60 Å². The van der Waals surface area contributed by atoms with Gasteiger partial charge in [-0.25, -0.2) is 4.79 Å². The normalized spacial score (nSPS) is 20.6. The first-order chi connectivity index (χ1) is 9.79. The highest BCUT2D eigenvalue weighted by Gasteiger charge is 2.51. The maximum absolute atomic E-state index is 12.5. The van der Waals surface area contributed by atoms with Crippen molar-refractivity contribution >= 4 is 21.9 Å². The van der Waals surface area contributed by atoms with E-state index in [2.05, 4.69) is 15.9 Å². The molecule has 0 aromatic heterocycles. The predicted molar refractivity (Wildman–Crippen MR) is 79.0 cm³/mol. The van der Waals surface area contributed by atoms with Gasteiger partial charge in [0, 0.05) is 10.9 Å². The van der Waals surface area contributed by atoms with E-state index in [1.807, 2.05) is 48.5 Å². The molecule has 102 valence electrons. The minimum Gasteiger partial charge on any atom is -0.423 e. The standard InChI is InChI=1S/C16H13BrO3/c17-10-11-19-16(12-6-2-1-3-7-12)13-8-4-5-9-14(13)20-15(16)18/h1-9H,10-11H2. The number of hydrogen-bond donors (Lipinski definition) is 0. The van der Waals surface area contributed by atoms with Gasteiger partial charge < -0.3 is 9.47 Å². The van der Waals surface area contributed by atoms with Crippen molar-refractivity contribution in [1.82, 2.24) is 0 Å². The molecular formula is C16H13BrO3. The fraction of sp³-hybridized carbons (Fsp3) is 0.188. The third-order valence-corrected chi connectivity index (χ3v) is 3.66. The van der Waals surface area contributed by atoms with Crippen molar-refractivity contribution in [2.45, 2.75) is 5.60 Å². The lowest BCUT2D eigenvalue weighted by atomic mass is 9.87. The highest BCUT2D eigenvalue weighted by atomic mass is 79.9. The van der Waals surface area contributed by atoms with Crippen LogP contribution < -0.4 is 4.74 Å². The van der Waals surface area contributed by atoms with Gasteiger partial charge in [-0.3, -0.25) is 0 Å². The summed E-state index contributed by atoms with van der Waals surface area (Å²) in [6.45, 7) is 0.415. The van der Waals surface area contributed by atoms with Crippen molar-refractivity contribution in [1.29, 1.82) is 0 Å². The minimum absolute atomic E-state index is 0.383. The van der Waals surface area contributed by atoms with Crippen LogP contribution in [0.25, 0.3) is 0 Å². The number of para-hydroxylation sites is 1. The number of esters is 1. The molecule has 1 atom stereocenters. The maximum Gasteiger partial charge on any atom is 0.353 e. The Morgan fingerprint density at radius 3 is 2.50 bits per heavy atom. The molecule has 1 aliphatic heterocycles. The molecule has 0 amide bonds. The van der Waals surface area contributed by atoms with Crippen LogP contribution in [0, 0.1) is 0 Å². The summed E-state index contributed by atoms with van der Waals surface area (Å²) < 4.78 is 11.3. The van der Waals surface area contributed by atoms with Crippen LogP contribution in [-0.4, -0.2) is 17.9 Å². The van der Waals surface area contributed by atoms with Crippen molar-refractivity contribution in [3.63, 3.8) is 0 Å². The third kappa shape index (κ3) is 1.96. The van der Waals surface area contributed by atoms with Crippen molar-refractivity contribution in [3.8, 4) is 5.75 Å². The molecule has 4 heteroatoms. The number of fused-ring (bicyclic) bond motifs is 1. The Hall–Kier alpha value is -1.65. The van der Waals surface area contributed by atoms with Crippen LogP contribution >= 0.6 is 15.9 Å². The Kier molecular flexibility index (Phi) is 3.59. The van der Waals surface area contributed by atoms with Crippen LogP contribution in [0.2, 0.25) is 0 Å². The van der Waals surface area contributed by atoms with E-state index in [0.717, 1.165) is 11.1 Å². The van der Waals surface area contributed by atoms with E-state index in [0.29, 0.717) is 17.7 Å². The Balaban J connectivity index is 2.18. The molecule has 2 aromatic rings. The highest BCUT2D eigenvalue weighted by molar-refractivity contribution is 9.09. The van der Waals surface area contributed by atoms with Crippen molar-refractivity contribution in [3.05, 3.63) is 65.7 Å². The van der Waals surface area contributed by atoms with Crippen LogP contribution in [0.1, 0.15) is 11.1 Å². The fourth-order valence-corrected chi connectivity index (χ4v) is 2.65. The first-order valence-electron chi connectivity index (χ1n) is 6.36. The van der Waals surface area contributed by atoms with Crippen LogP contribution in [0.5, 0.6) is 5.75 Å². The van der Waals surface area contributed by atoms with Gasteiger partial charge in [0.15, 0.2) is 0 Å². The highest BCUT2D eigenvalue weighted by Crippen LogP contribution is 2.45. The van der Waals surface area contributed by atoms with Gasteiger partial charge in [0.05, 0.1) is 6.61 Å². The SMILES string of the molecule is O=C1Oc2ccccc2C1(OCCBr)c1ccccc1. The topological polar surface area (TPSA) is 35.5 Å². The molecule has 0 saturated heterocycles. The van der Waals surface area contributed by atoms with Crippen molar-refractivity contribution in [2.24, 2.45) is 0 Å². The summed E-state index contributed by atoms with van der Waals surface area (Å²) in [6.07, 6.45) is 0. The quantitative estimate of drug-likeness (QED) is 0.489. The summed E-state index contributed by atoms with van der Waals surface area (Å²) in [7, 11) is 0. The van der Waals surface area contributed by atoms with Gasteiger partial charge in [-0.2, -0.15) is 0 Å². The molecule has 0 radical (unpaired) electrons. The van der Waals surface area contributed by atoms with E-state index in [1.54, 1.807) is 6.07 Å². The molecule has 3 nitrogen and oxygen atoms in total. The number of benzene rings is 2. The average molecular weight is 333 g/mol. The van der Waals surface area contributed by atoms with Gasteiger partial charge in [0.2, 0.25) is 5.60 Å². The zero-order valence-electron chi connectivity index (χ0n) is 10.7. The Bertz CT molecular complexity index is 627. The molecule has 1 heterocycles. The minimum atomic E-state index is -1.16. The number of rotatable bonds is 4. The molecular weight excluding hydrogens is 320 g/mol. The smallest absolute Gasteiger partial charge is 0.353 e. The Labute approximate surface area is 125 Å². The molecule has 2 aromatic carbocycles. The molecule has 0 N–H and O–H groups in total. The average Bonchev–Trinajstić information content (AvgIpc) is 2.79. The second-order valence-electron chi connectivity index (χ2n) is 4.47. The second-order valence-corrected chi connectivity index (χ2v) is 5.26. The van der Waals surface area contributed by atoms with Gasteiger partial charge in [0.1, 0.15) is 5.75 Å². The summed E-state index contributed by atoms with van der Waals surface area (Å²) in [6, 6.07) is 16.9. The lowest BCUT2D eigenvalue weighted by molar-refractivity contribution is -0.153. The number of alkyl halides is 1. The summed E-state index contributed by atoms with van der Waals surface area (Å²) in [5.74, 6) is 0.182. The van der Waals surface area contributed by atoms with E-state index in [1.165, 1.54) is 0 Å². The van der Waals surface area contributed by atoms with Gasteiger partial charge in [-0.05, 0) is 11.6 Å². The van der Waals surface area contributed by atoms with Crippen LogP contribution in [0.4, 0.5) is 0 Å². The number of carbonyl (C=O) groups is 1. The molecule has 1 aliphatic rings. The summed E-state index contributed by atoms with van der Waals surface area (Å²) >= 11 is 3.34. The summed E-state index contributed by atoms with van der Waals surface area (Å²) in [5, 5.41) is 0.650. The van der Waals surface area contributed by atoms with Crippen molar-refractivity contribution in [2.75, 3.05) is 11.9 Å². The molecule has 1 unspecified atom stereocenters. The van der Waals surface area contributed by atoms with Gasteiger partial charge in [-0.1, -0.05) is 64.5 Å². The number of carbonyl (C=O) groups excluding carboxylic acids is 1. The second kappa shape index (κ2) is 5.38. The third-order valence-electron chi connectivity index (χ3n) is 3.33. The zero-order valence-corrected chi connectivity index (χ0v) is 12.3.